The Hall–Kier alpha value is -1.95. The van der Waals surface area contributed by atoms with Gasteiger partial charge in [-0.25, -0.2) is 4.39 Å². The number of likely N-dealkylation sites (tertiary alicyclic amines) is 2. The number of aryl methyl sites for hydroxylation is 1. The molecule has 0 spiro atoms. The minimum atomic E-state index is -0.319. The molecule has 0 bridgehead atoms. The summed E-state index contributed by atoms with van der Waals surface area (Å²) in [5.41, 5.74) is 1.04. The predicted octanol–water partition coefficient (Wildman–Crippen LogP) is 3.19. The first-order valence-corrected chi connectivity index (χ1v) is 10.1. The number of halogens is 1. The summed E-state index contributed by atoms with van der Waals surface area (Å²) < 4.78 is 13.6. The molecule has 2 fully saturated rings. The quantitative estimate of drug-likeness (QED) is 0.879. The Morgan fingerprint density at radius 1 is 1.07 bits per heavy atom. The molecular weight excluding hydrogens is 345 g/mol. The van der Waals surface area contributed by atoms with Crippen LogP contribution in [0.5, 0.6) is 0 Å². The molecule has 2 amide bonds. The van der Waals surface area contributed by atoms with Crippen LogP contribution in [0.15, 0.2) is 18.2 Å². The number of hydrogen-bond acceptors (Lipinski definition) is 3. The van der Waals surface area contributed by atoms with Crippen LogP contribution in [0.4, 0.5) is 10.1 Å². The summed E-state index contributed by atoms with van der Waals surface area (Å²) in [6, 6.07) is 4.71. The highest BCUT2D eigenvalue weighted by molar-refractivity contribution is 5.92. The average Bonchev–Trinajstić information content (AvgIpc) is 2.94. The lowest BCUT2D eigenvalue weighted by atomic mass is 9.95. The predicted molar refractivity (Wildman–Crippen MR) is 104 cm³/mol. The number of carbonyl (C=O) groups is 2. The summed E-state index contributed by atoms with van der Waals surface area (Å²) in [5.74, 6) is -0.0686. The van der Waals surface area contributed by atoms with Gasteiger partial charge in [0.1, 0.15) is 5.82 Å². The van der Waals surface area contributed by atoms with Gasteiger partial charge in [-0.05, 0) is 63.4 Å². The molecule has 0 saturated carbocycles. The molecule has 0 atom stereocenters. The van der Waals surface area contributed by atoms with Gasteiger partial charge in [0, 0.05) is 24.7 Å². The Labute approximate surface area is 160 Å². The third-order valence-corrected chi connectivity index (χ3v) is 5.68. The largest absolute Gasteiger partial charge is 0.342 e. The number of benzene rings is 1. The molecule has 0 aliphatic carbocycles. The number of nitrogens with one attached hydrogen (secondary N) is 1. The Morgan fingerprint density at radius 3 is 2.37 bits per heavy atom. The van der Waals surface area contributed by atoms with Crippen molar-refractivity contribution in [3.63, 3.8) is 0 Å². The highest BCUT2D eigenvalue weighted by Gasteiger charge is 2.29. The van der Waals surface area contributed by atoms with E-state index in [0.717, 1.165) is 51.9 Å². The van der Waals surface area contributed by atoms with Crippen molar-refractivity contribution < 1.29 is 14.0 Å². The smallest absolute Gasteiger partial charge is 0.238 e. The summed E-state index contributed by atoms with van der Waals surface area (Å²) in [7, 11) is 0. The average molecular weight is 375 g/mol. The lowest BCUT2D eigenvalue weighted by Crippen LogP contribution is -2.44. The molecule has 2 saturated heterocycles. The Balaban J connectivity index is 1.44. The molecule has 0 unspecified atom stereocenters. The van der Waals surface area contributed by atoms with Crippen molar-refractivity contribution in [2.24, 2.45) is 5.92 Å². The number of piperidine rings is 1. The van der Waals surface area contributed by atoms with E-state index in [9.17, 15) is 14.0 Å². The molecule has 1 N–H and O–H groups in total. The third kappa shape index (κ3) is 5.51. The van der Waals surface area contributed by atoms with Gasteiger partial charge in [-0.2, -0.15) is 0 Å². The van der Waals surface area contributed by atoms with Crippen molar-refractivity contribution in [1.29, 1.82) is 0 Å². The van der Waals surface area contributed by atoms with Gasteiger partial charge in [-0.3, -0.25) is 14.5 Å². The van der Waals surface area contributed by atoms with E-state index in [1.165, 1.54) is 18.9 Å². The fourth-order valence-electron chi connectivity index (χ4n) is 3.96. The molecule has 3 rings (SSSR count). The fourth-order valence-corrected chi connectivity index (χ4v) is 3.96. The summed E-state index contributed by atoms with van der Waals surface area (Å²) in [4.78, 5) is 29.1. The first-order chi connectivity index (χ1) is 13.0. The Bertz CT molecular complexity index is 663. The normalized spacial score (nSPS) is 19.6. The number of carbonyl (C=O) groups excluding carboxylic acids is 2. The maximum Gasteiger partial charge on any atom is 0.238 e. The van der Waals surface area contributed by atoms with Crippen LogP contribution in [0.25, 0.3) is 0 Å². The van der Waals surface area contributed by atoms with Crippen LogP contribution in [0.3, 0.4) is 0 Å². The van der Waals surface area contributed by atoms with Crippen LogP contribution in [0.1, 0.15) is 44.1 Å². The monoisotopic (exact) mass is 375 g/mol. The van der Waals surface area contributed by atoms with Crippen molar-refractivity contribution >= 4 is 17.5 Å². The molecule has 5 nitrogen and oxygen atoms in total. The molecule has 6 heteroatoms. The van der Waals surface area contributed by atoms with Crippen LogP contribution < -0.4 is 5.32 Å². The first-order valence-electron chi connectivity index (χ1n) is 10.1. The maximum atomic E-state index is 13.6. The van der Waals surface area contributed by atoms with Crippen LogP contribution in [0, 0.1) is 18.7 Å². The Morgan fingerprint density at radius 2 is 1.74 bits per heavy atom. The van der Waals surface area contributed by atoms with E-state index in [4.69, 9.17) is 0 Å². The van der Waals surface area contributed by atoms with Gasteiger partial charge >= 0.3 is 0 Å². The number of rotatable bonds is 4. The van der Waals surface area contributed by atoms with Gasteiger partial charge in [0.2, 0.25) is 11.8 Å². The fraction of sp³-hybridized carbons (Fsp3) is 0.619. The van der Waals surface area contributed by atoms with Gasteiger partial charge in [0.25, 0.3) is 0 Å². The number of hydrogen-bond donors (Lipinski definition) is 1. The minimum Gasteiger partial charge on any atom is -0.342 e. The summed E-state index contributed by atoms with van der Waals surface area (Å²) >= 11 is 0. The zero-order valence-electron chi connectivity index (χ0n) is 16.2. The van der Waals surface area contributed by atoms with Crippen LogP contribution in [-0.4, -0.2) is 54.3 Å². The van der Waals surface area contributed by atoms with E-state index in [1.807, 2.05) is 4.90 Å². The van der Waals surface area contributed by atoms with E-state index in [0.29, 0.717) is 17.2 Å². The van der Waals surface area contributed by atoms with Gasteiger partial charge in [-0.15, -0.1) is 0 Å². The molecule has 27 heavy (non-hydrogen) atoms. The molecule has 1 aromatic rings. The van der Waals surface area contributed by atoms with Crippen molar-refractivity contribution in [1.82, 2.24) is 9.80 Å². The third-order valence-electron chi connectivity index (χ3n) is 5.68. The number of anilines is 1. The SMILES string of the molecule is Cc1ccc(NC(=O)CN2CCC(C(=O)N3CCCCCC3)CC2)cc1F. The Kier molecular flexibility index (Phi) is 6.83. The molecule has 0 radical (unpaired) electrons. The molecule has 2 aliphatic rings. The van der Waals surface area contributed by atoms with E-state index >= 15 is 0 Å². The number of nitrogens with zero attached hydrogens (tertiary/aromatic N) is 2. The second-order valence-electron chi connectivity index (χ2n) is 7.80. The molecule has 0 aromatic heterocycles. The van der Waals surface area contributed by atoms with E-state index < -0.39 is 0 Å². The van der Waals surface area contributed by atoms with Crippen molar-refractivity contribution in [2.75, 3.05) is 38.0 Å². The summed E-state index contributed by atoms with van der Waals surface area (Å²) in [6.45, 7) is 5.26. The lowest BCUT2D eigenvalue weighted by molar-refractivity contribution is -0.137. The zero-order valence-corrected chi connectivity index (χ0v) is 16.2. The van der Waals surface area contributed by atoms with Crippen LogP contribution >= 0.6 is 0 Å². The molecular formula is C21H30FN3O2. The van der Waals surface area contributed by atoms with E-state index in [1.54, 1.807) is 19.1 Å². The second-order valence-corrected chi connectivity index (χ2v) is 7.80. The lowest BCUT2D eigenvalue weighted by Gasteiger charge is -2.33. The summed E-state index contributed by atoms with van der Waals surface area (Å²) in [6.07, 6.45) is 6.29. The zero-order chi connectivity index (χ0) is 19.2. The standard InChI is InChI=1S/C21H30FN3O2/c1-16-6-7-18(14-19(16)22)23-20(26)15-24-12-8-17(9-13-24)21(27)25-10-4-2-3-5-11-25/h6-7,14,17H,2-5,8-13,15H2,1H3,(H,23,26). The maximum absolute atomic E-state index is 13.6. The first kappa shape index (κ1) is 19.8. The van der Waals surface area contributed by atoms with Gasteiger partial charge in [-0.1, -0.05) is 18.9 Å². The molecule has 1 aromatic carbocycles. The van der Waals surface area contributed by atoms with Crippen LogP contribution in [0.2, 0.25) is 0 Å². The van der Waals surface area contributed by atoms with Crippen molar-refractivity contribution in [3.8, 4) is 0 Å². The van der Waals surface area contributed by atoms with Crippen molar-refractivity contribution in [2.45, 2.75) is 45.4 Å². The van der Waals surface area contributed by atoms with E-state index in [-0.39, 0.29) is 24.2 Å². The van der Waals surface area contributed by atoms with E-state index in [2.05, 4.69) is 10.2 Å². The topological polar surface area (TPSA) is 52.7 Å². The molecule has 148 valence electrons. The highest BCUT2D eigenvalue weighted by Crippen LogP contribution is 2.22. The minimum absolute atomic E-state index is 0.0913. The van der Waals surface area contributed by atoms with Crippen molar-refractivity contribution in [3.05, 3.63) is 29.6 Å². The van der Waals surface area contributed by atoms with Crippen LogP contribution in [-0.2, 0) is 9.59 Å². The van der Waals surface area contributed by atoms with Gasteiger partial charge in [0.15, 0.2) is 0 Å². The van der Waals surface area contributed by atoms with Gasteiger partial charge < -0.3 is 10.2 Å². The molecule has 2 heterocycles. The second kappa shape index (κ2) is 9.31. The number of amides is 2. The highest BCUT2D eigenvalue weighted by atomic mass is 19.1. The van der Waals surface area contributed by atoms with Gasteiger partial charge in [0.05, 0.1) is 6.54 Å². The molecule has 2 aliphatic heterocycles. The summed E-state index contributed by atoms with van der Waals surface area (Å²) in [5, 5.41) is 2.75.